The number of carbonyl (C=O) groups excluding carboxylic acids is 1. The number of ketones is 1. The zero-order valence-corrected chi connectivity index (χ0v) is 11.7. The predicted octanol–water partition coefficient (Wildman–Crippen LogP) is 3.39. The molecular weight excluding hydrogens is 294 g/mol. The van der Waals surface area contributed by atoms with Gasteiger partial charge in [0, 0.05) is 16.2 Å². The minimum Gasteiger partial charge on any atom is -0.494 e. The highest BCUT2D eigenvalue weighted by Gasteiger charge is 2.17. The lowest BCUT2D eigenvalue weighted by molar-refractivity contribution is 0.103. The maximum Gasteiger partial charge on any atom is 0.215 e. The van der Waals surface area contributed by atoms with Crippen LogP contribution in [0.3, 0.4) is 0 Å². The van der Waals surface area contributed by atoms with Crippen LogP contribution in [0.15, 0.2) is 41.0 Å². The van der Waals surface area contributed by atoms with Gasteiger partial charge >= 0.3 is 0 Å². The third-order valence-electron chi connectivity index (χ3n) is 2.64. The molecule has 2 rings (SSSR count). The average molecular weight is 306 g/mol. The Hall–Kier alpha value is -1.68. The topological polar surface area (TPSA) is 39.2 Å². The molecule has 3 nitrogen and oxygen atoms in total. The van der Waals surface area contributed by atoms with Crippen LogP contribution in [0.2, 0.25) is 0 Å². The quantitative estimate of drug-likeness (QED) is 0.816. The fourth-order valence-corrected chi connectivity index (χ4v) is 2.21. The van der Waals surface area contributed by atoms with Gasteiger partial charge in [-0.25, -0.2) is 4.98 Å². The lowest BCUT2D eigenvalue weighted by Gasteiger charge is -2.08. The van der Waals surface area contributed by atoms with Crippen molar-refractivity contribution in [3.63, 3.8) is 0 Å². The molecule has 0 aliphatic carbocycles. The van der Waals surface area contributed by atoms with Gasteiger partial charge in [-0.1, -0.05) is 15.9 Å². The number of ether oxygens (including phenoxy) is 1. The van der Waals surface area contributed by atoms with Crippen LogP contribution in [0, 0.1) is 6.92 Å². The van der Waals surface area contributed by atoms with Crippen molar-refractivity contribution in [2.45, 2.75) is 6.92 Å². The number of benzene rings is 1. The molecule has 0 aliphatic heterocycles. The van der Waals surface area contributed by atoms with Gasteiger partial charge in [0.05, 0.1) is 7.11 Å². The molecule has 1 heterocycles. The number of aryl methyl sites for hydroxylation is 1. The van der Waals surface area contributed by atoms with Crippen LogP contribution in [-0.2, 0) is 0 Å². The highest BCUT2D eigenvalue weighted by molar-refractivity contribution is 9.10. The summed E-state index contributed by atoms with van der Waals surface area (Å²) >= 11 is 3.38. The number of rotatable bonds is 3. The van der Waals surface area contributed by atoms with Gasteiger partial charge in [-0.05, 0) is 42.8 Å². The van der Waals surface area contributed by atoms with E-state index in [4.69, 9.17) is 4.74 Å². The first-order valence-corrected chi connectivity index (χ1v) is 6.22. The van der Waals surface area contributed by atoms with E-state index >= 15 is 0 Å². The Morgan fingerprint density at radius 1 is 1.33 bits per heavy atom. The molecule has 0 radical (unpaired) electrons. The van der Waals surface area contributed by atoms with Gasteiger partial charge in [0.2, 0.25) is 5.78 Å². The smallest absolute Gasteiger partial charge is 0.215 e. The van der Waals surface area contributed by atoms with E-state index in [9.17, 15) is 4.79 Å². The van der Waals surface area contributed by atoms with E-state index in [0.717, 1.165) is 10.0 Å². The van der Waals surface area contributed by atoms with Crippen LogP contribution in [0.25, 0.3) is 0 Å². The first-order valence-electron chi connectivity index (χ1n) is 5.43. The second kappa shape index (κ2) is 5.31. The Kier molecular flexibility index (Phi) is 3.77. The van der Waals surface area contributed by atoms with E-state index in [-0.39, 0.29) is 5.78 Å². The first-order chi connectivity index (χ1) is 8.63. The molecule has 1 aromatic heterocycles. The average Bonchev–Trinajstić information content (AvgIpc) is 2.38. The molecule has 0 saturated carbocycles. The maximum absolute atomic E-state index is 12.4. The second-order valence-corrected chi connectivity index (χ2v) is 4.76. The van der Waals surface area contributed by atoms with Gasteiger partial charge in [0.15, 0.2) is 5.69 Å². The second-order valence-electron chi connectivity index (χ2n) is 3.84. The zero-order valence-electron chi connectivity index (χ0n) is 10.1. The standard InChI is InChI=1S/C14H12BrNO2/c1-9-8-10(15)5-6-11(9)14(17)13-12(18-2)4-3-7-16-13/h3-8H,1-2H3. The molecule has 2 aromatic rings. The molecule has 0 bridgehead atoms. The zero-order chi connectivity index (χ0) is 13.1. The number of hydrogen-bond donors (Lipinski definition) is 0. The number of hydrogen-bond acceptors (Lipinski definition) is 3. The normalized spacial score (nSPS) is 10.2. The molecule has 0 saturated heterocycles. The minimum absolute atomic E-state index is 0.127. The lowest BCUT2D eigenvalue weighted by Crippen LogP contribution is -2.08. The van der Waals surface area contributed by atoms with Gasteiger partial charge in [-0.3, -0.25) is 4.79 Å². The van der Waals surface area contributed by atoms with Crippen molar-refractivity contribution < 1.29 is 9.53 Å². The molecule has 4 heteroatoms. The van der Waals surface area contributed by atoms with E-state index < -0.39 is 0 Å². The molecular formula is C14H12BrNO2. The van der Waals surface area contributed by atoms with Crippen LogP contribution in [0.1, 0.15) is 21.6 Å². The Balaban J connectivity index is 2.48. The number of halogens is 1. The van der Waals surface area contributed by atoms with Gasteiger partial charge < -0.3 is 4.74 Å². The van der Waals surface area contributed by atoms with E-state index in [2.05, 4.69) is 20.9 Å². The van der Waals surface area contributed by atoms with E-state index in [0.29, 0.717) is 17.0 Å². The predicted molar refractivity (Wildman–Crippen MR) is 73.1 cm³/mol. The molecule has 0 aliphatic rings. The Bertz CT molecular complexity index is 596. The molecule has 0 atom stereocenters. The number of carbonyl (C=O) groups is 1. The Morgan fingerprint density at radius 2 is 2.11 bits per heavy atom. The summed E-state index contributed by atoms with van der Waals surface area (Å²) in [5.74, 6) is 0.363. The van der Waals surface area contributed by atoms with Crippen LogP contribution in [0.4, 0.5) is 0 Å². The van der Waals surface area contributed by atoms with Crippen LogP contribution in [-0.4, -0.2) is 17.9 Å². The highest BCUT2D eigenvalue weighted by atomic mass is 79.9. The fourth-order valence-electron chi connectivity index (χ4n) is 1.74. The molecule has 0 spiro atoms. The number of methoxy groups -OCH3 is 1. The van der Waals surface area contributed by atoms with Gasteiger partial charge in [0.1, 0.15) is 5.75 Å². The molecule has 0 amide bonds. The molecule has 18 heavy (non-hydrogen) atoms. The van der Waals surface area contributed by atoms with Crippen molar-refractivity contribution in [3.8, 4) is 5.75 Å². The third-order valence-corrected chi connectivity index (χ3v) is 3.13. The minimum atomic E-state index is -0.127. The van der Waals surface area contributed by atoms with Crippen molar-refractivity contribution >= 4 is 21.7 Å². The summed E-state index contributed by atoms with van der Waals surface area (Å²) in [7, 11) is 1.53. The van der Waals surface area contributed by atoms with Gasteiger partial charge in [0.25, 0.3) is 0 Å². The summed E-state index contributed by atoms with van der Waals surface area (Å²) in [4.78, 5) is 16.5. The number of pyridine rings is 1. The third kappa shape index (κ3) is 2.43. The van der Waals surface area contributed by atoms with Crippen LogP contribution < -0.4 is 4.74 Å². The summed E-state index contributed by atoms with van der Waals surface area (Å²) in [6, 6.07) is 9.01. The Labute approximate surface area is 114 Å². The Morgan fingerprint density at radius 3 is 2.78 bits per heavy atom. The van der Waals surface area contributed by atoms with Crippen molar-refractivity contribution in [2.75, 3.05) is 7.11 Å². The van der Waals surface area contributed by atoms with Crippen molar-refractivity contribution in [3.05, 3.63) is 57.8 Å². The van der Waals surface area contributed by atoms with E-state index in [1.165, 1.54) is 7.11 Å². The summed E-state index contributed by atoms with van der Waals surface area (Å²) in [6.45, 7) is 1.90. The highest BCUT2D eigenvalue weighted by Crippen LogP contribution is 2.22. The monoisotopic (exact) mass is 305 g/mol. The molecule has 0 fully saturated rings. The van der Waals surface area contributed by atoms with Gasteiger partial charge in [-0.2, -0.15) is 0 Å². The van der Waals surface area contributed by atoms with E-state index in [1.54, 1.807) is 24.4 Å². The summed E-state index contributed by atoms with van der Waals surface area (Å²) in [5, 5.41) is 0. The van der Waals surface area contributed by atoms with Crippen molar-refractivity contribution in [2.24, 2.45) is 0 Å². The molecule has 92 valence electrons. The summed E-state index contributed by atoms with van der Waals surface area (Å²) < 4.78 is 6.11. The van der Waals surface area contributed by atoms with Crippen molar-refractivity contribution in [1.29, 1.82) is 0 Å². The first kappa shape index (κ1) is 12.8. The number of nitrogens with zero attached hydrogens (tertiary/aromatic N) is 1. The largest absolute Gasteiger partial charge is 0.494 e. The molecule has 0 unspecified atom stereocenters. The van der Waals surface area contributed by atoms with Crippen LogP contribution >= 0.6 is 15.9 Å². The van der Waals surface area contributed by atoms with Crippen LogP contribution in [0.5, 0.6) is 5.75 Å². The summed E-state index contributed by atoms with van der Waals surface area (Å²) in [6.07, 6.45) is 1.59. The maximum atomic E-state index is 12.4. The molecule has 1 aromatic carbocycles. The SMILES string of the molecule is COc1cccnc1C(=O)c1ccc(Br)cc1C. The lowest BCUT2D eigenvalue weighted by atomic mass is 10.0. The fraction of sp³-hybridized carbons (Fsp3) is 0.143. The molecule has 0 N–H and O–H groups in total. The summed E-state index contributed by atoms with van der Waals surface area (Å²) in [5.41, 5.74) is 1.88. The van der Waals surface area contributed by atoms with Crippen molar-refractivity contribution in [1.82, 2.24) is 4.98 Å². The number of aromatic nitrogens is 1. The van der Waals surface area contributed by atoms with E-state index in [1.807, 2.05) is 19.1 Å². The van der Waals surface area contributed by atoms with Gasteiger partial charge in [-0.15, -0.1) is 0 Å².